The molecule has 0 bridgehead atoms. The van der Waals surface area contributed by atoms with Crippen molar-refractivity contribution in [2.45, 2.75) is 76.0 Å². The first kappa shape index (κ1) is 39.8. The number of anilines is 3. The molecule has 0 unspecified atom stereocenters. The molecule has 12 nitrogen and oxygen atoms in total. The summed E-state index contributed by atoms with van der Waals surface area (Å²) in [6, 6.07) is 15.7. The van der Waals surface area contributed by atoms with Gasteiger partial charge in [0.1, 0.15) is 22.6 Å². The van der Waals surface area contributed by atoms with Crippen LogP contribution in [-0.2, 0) is 4.79 Å². The first-order valence-corrected chi connectivity index (χ1v) is 19.5. The van der Waals surface area contributed by atoms with E-state index >= 15 is 8.78 Å². The number of halogens is 3. The standard InChI is InChI=1S/C23H26FN3O2.C19H22F2N4O3/c24-19-10-8-18(9-11-19)21(28)7-4-14-26-15-12-23(13-16-26)22(29)25-17-27(23)20-5-2-1-3-6-20;1-8-5-24(6-9(2)23-8)17-13(20)15(22)12-16(14(17)21)25(10-3-4-10)7-11(18(12)26)19(27)28/h1-3,5-6,8-11H,4,7,12-17H2,(H,25,29);7-10,23H,3-6,22H2,1-2H3,(H,27,28)/t;8-,9+. The number of nitrogens with two attached hydrogens (primary N) is 1. The molecule has 57 heavy (non-hydrogen) atoms. The van der Waals surface area contributed by atoms with Crippen molar-refractivity contribution in [3.63, 3.8) is 0 Å². The molecular weight excluding hydrogens is 739 g/mol. The number of piperidine rings is 1. The van der Waals surface area contributed by atoms with Crippen molar-refractivity contribution in [3.05, 3.63) is 99.6 Å². The van der Waals surface area contributed by atoms with E-state index in [-0.39, 0.29) is 46.8 Å². The number of Topliss-reactive ketones (excluding diaryl/α,β-unsaturated/α-hetero) is 1. The maximum atomic E-state index is 15.6. The summed E-state index contributed by atoms with van der Waals surface area (Å²) in [4.78, 5) is 55.2. The number of amides is 1. The van der Waals surface area contributed by atoms with E-state index in [0.29, 0.717) is 31.7 Å². The van der Waals surface area contributed by atoms with Gasteiger partial charge in [-0.3, -0.25) is 14.4 Å². The predicted octanol–water partition coefficient (Wildman–Crippen LogP) is 5.30. The molecule has 4 fully saturated rings. The van der Waals surface area contributed by atoms with Gasteiger partial charge in [0.25, 0.3) is 0 Å². The minimum Gasteiger partial charge on any atom is -0.477 e. The molecule has 302 valence electrons. The van der Waals surface area contributed by atoms with E-state index < -0.39 is 45.2 Å². The van der Waals surface area contributed by atoms with Crippen LogP contribution >= 0.6 is 0 Å². The Balaban J connectivity index is 0.000000174. The van der Waals surface area contributed by atoms with Crippen molar-refractivity contribution in [3.8, 4) is 0 Å². The molecule has 1 aliphatic carbocycles. The van der Waals surface area contributed by atoms with Gasteiger partial charge in [-0.05, 0) is 88.9 Å². The number of carbonyl (C=O) groups excluding carboxylic acids is 2. The highest BCUT2D eigenvalue weighted by atomic mass is 19.1. The maximum Gasteiger partial charge on any atom is 0.341 e. The predicted molar refractivity (Wildman–Crippen MR) is 212 cm³/mol. The Labute approximate surface area is 328 Å². The van der Waals surface area contributed by atoms with Gasteiger partial charge in [-0.1, -0.05) is 18.2 Å². The highest BCUT2D eigenvalue weighted by molar-refractivity contribution is 6.00. The maximum absolute atomic E-state index is 15.6. The number of pyridine rings is 1. The van der Waals surface area contributed by atoms with E-state index in [1.165, 1.54) is 16.7 Å². The first-order valence-electron chi connectivity index (χ1n) is 19.5. The fourth-order valence-corrected chi connectivity index (χ4v) is 8.55. The number of nitrogens with one attached hydrogen (secondary N) is 2. The Morgan fingerprint density at radius 3 is 2.19 bits per heavy atom. The fourth-order valence-electron chi connectivity index (χ4n) is 8.55. The number of piperazine rings is 1. The molecule has 8 rings (SSSR count). The number of hydrogen-bond acceptors (Lipinski definition) is 9. The van der Waals surface area contributed by atoms with E-state index in [4.69, 9.17) is 5.73 Å². The summed E-state index contributed by atoms with van der Waals surface area (Å²) in [5, 5.41) is 15.3. The number of para-hydroxylation sites is 1. The summed E-state index contributed by atoms with van der Waals surface area (Å²) in [6.45, 7) is 7.65. The molecule has 3 aromatic carbocycles. The normalized spacial score (nSPS) is 20.7. The quantitative estimate of drug-likeness (QED) is 0.130. The topological polar surface area (TPSA) is 153 Å². The number of rotatable bonds is 9. The smallest absolute Gasteiger partial charge is 0.341 e. The van der Waals surface area contributed by atoms with Crippen LogP contribution < -0.4 is 31.6 Å². The molecule has 0 radical (unpaired) electrons. The average molecular weight is 788 g/mol. The summed E-state index contributed by atoms with van der Waals surface area (Å²) < 4.78 is 45.2. The number of benzene rings is 3. The molecule has 4 aromatic rings. The molecule has 1 amide bonds. The van der Waals surface area contributed by atoms with E-state index in [1.54, 1.807) is 17.0 Å². The average Bonchev–Trinajstić information content (AvgIpc) is 3.99. The monoisotopic (exact) mass is 787 g/mol. The van der Waals surface area contributed by atoms with Gasteiger partial charge in [0.15, 0.2) is 17.4 Å². The van der Waals surface area contributed by atoms with Gasteiger partial charge in [-0.15, -0.1) is 0 Å². The van der Waals surface area contributed by atoms with Crippen LogP contribution in [0.25, 0.3) is 10.9 Å². The lowest BCUT2D eigenvalue weighted by atomic mass is 9.85. The third kappa shape index (κ3) is 7.95. The molecule has 1 spiro atoms. The van der Waals surface area contributed by atoms with E-state index in [0.717, 1.165) is 63.6 Å². The molecule has 4 aliphatic rings. The Hall–Kier alpha value is -5.41. The lowest BCUT2D eigenvalue weighted by Gasteiger charge is -2.43. The number of likely N-dealkylation sites (tertiary alicyclic amines) is 1. The second-order valence-electron chi connectivity index (χ2n) is 15.6. The molecule has 1 aromatic heterocycles. The first-order chi connectivity index (χ1) is 27.3. The number of aromatic carboxylic acids is 1. The van der Waals surface area contributed by atoms with Crippen LogP contribution in [0.4, 0.5) is 30.2 Å². The van der Waals surface area contributed by atoms with Gasteiger partial charge < -0.3 is 40.7 Å². The SMILES string of the molecule is C[C@@H]1CN(c2c(F)c(N)c3c(=O)c(C(=O)O)cn(C4CC4)c3c2F)C[C@H](C)N1.O=C(CCCN1CCC2(CC1)C(=O)NCN2c1ccccc1)c1ccc(F)cc1. The highest BCUT2D eigenvalue weighted by Gasteiger charge is 2.50. The Bertz CT molecular complexity index is 2210. The zero-order valence-electron chi connectivity index (χ0n) is 32.1. The van der Waals surface area contributed by atoms with Crippen LogP contribution in [0.15, 0.2) is 65.6 Å². The van der Waals surface area contributed by atoms with Crippen LogP contribution in [0.1, 0.15) is 79.1 Å². The Morgan fingerprint density at radius 1 is 0.930 bits per heavy atom. The van der Waals surface area contributed by atoms with Crippen molar-refractivity contribution in [2.75, 3.05) is 54.9 Å². The van der Waals surface area contributed by atoms with Gasteiger partial charge in [-0.25, -0.2) is 18.0 Å². The summed E-state index contributed by atoms with van der Waals surface area (Å²) >= 11 is 0. The van der Waals surface area contributed by atoms with Gasteiger partial charge in [-0.2, -0.15) is 0 Å². The number of nitrogen functional groups attached to an aromatic ring is 1. The number of carboxylic acids is 1. The third-order valence-electron chi connectivity index (χ3n) is 11.5. The second kappa shape index (κ2) is 16.2. The number of aromatic nitrogens is 1. The Kier molecular flexibility index (Phi) is 11.3. The number of hydrogen-bond donors (Lipinski definition) is 4. The summed E-state index contributed by atoms with van der Waals surface area (Å²) in [5.41, 5.74) is 4.70. The van der Waals surface area contributed by atoms with Crippen molar-refractivity contribution in [2.24, 2.45) is 0 Å². The van der Waals surface area contributed by atoms with Gasteiger partial charge >= 0.3 is 5.97 Å². The summed E-state index contributed by atoms with van der Waals surface area (Å²) in [6.07, 6.45) is 5.37. The summed E-state index contributed by atoms with van der Waals surface area (Å²) in [5.74, 6) is -3.51. The largest absolute Gasteiger partial charge is 0.477 e. The van der Waals surface area contributed by atoms with Crippen LogP contribution in [0.3, 0.4) is 0 Å². The molecule has 5 N–H and O–H groups in total. The van der Waals surface area contributed by atoms with Gasteiger partial charge in [0, 0.05) is 68.2 Å². The van der Waals surface area contributed by atoms with Crippen LogP contribution in [0, 0.1) is 17.5 Å². The minimum atomic E-state index is -1.45. The van der Waals surface area contributed by atoms with Crippen LogP contribution in [-0.4, -0.2) is 89.2 Å². The number of nitrogens with zero attached hydrogens (tertiary/aromatic N) is 4. The molecule has 2 atom stereocenters. The highest BCUT2D eigenvalue weighted by Crippen LogP contribution is 2.42. The molecule has 1 saturated carbocycles. The van der Waals surface area contributed by atoms with E-state index in [1.807, 2.05) is 32.0 Å². The lowest BCUT2D eigenvalue weighted by molar-refractivity contribution is -0.125. The summed E-state index contributed by atoms with van der Waals surface area (Å²) in [7, 11) is 0. The zero-order chi connectivity index (χ0) is 40.6. The lowest BCUT2D eigenvalue weighted by Crippen LogP contribution is -2.56. The minimum absolute atomic E-state index is 0.0134. The third-order valence-corrected chi connectivity index (χ3v) is 11.5. The Morgan fingerprint density at radius 2 is 1.58 bits per heavy atom. The van der Waals surface area contributed by atoms with Crippen molar-refractivity contribution in [1.29, 1.82) is 0 Å². The zero-order valence-corrected chi connectivity index (χ0v) is 32.1. The van der Waals surface area contributed by atoms with E-state index in [9.17, 15) is 28.7 Å². The number of ketones is 1. The molecule has 3 aliphatic heterocycles. The van der Waals surface area contributed by atoms with Gasteiger partial charge in [0.2, 0.25) is 11.3 Å². The van der Waals surface area contributed by atoms with Crippen LogP contribution in [0.2, 0.25) is 0 Å². The van der Waals surface area contributed by atoms with Crippen molar-refractivity contribution < 1.29 is 32.7 Å². The molecule has 3 saturated heterocycles. The van der Waals surface area contributed by atoms with Gasteiger partial charge in [0.05, 0.1) is 23.3 Å². The fraction of sp³-hybridized carbons (Fsp3) is 0.429. The van der Waals surface area contributed by atoms with E-state index in [2.05, 4.69) is 32.6 Å². The number of carboxylic acid groups (broad SMARTS) is 1. The van der Waals surface area contributed by atoms with Crippen LogP contribution in [0.5, 0.6) is 0 Å². The number of carbonyl (C=O) groups is 3. The molecule has 4 heterocycles. The van der Waals surface area contributed by atoms with Crippen molar-refractivity contribution >= 4 is 45.6 Å². The molecule has 15 heteroatoms. The van der Waals surface area contributed by atoms with Crippen molar-refractivity contribution in [1.82, 2.24) is 20.1 Å². The number of fused-ring (bicyclic) bond motifs is 1. The second-order valence-corrected chi connectivity index (χ2v) is 15.6. The molecular formula is C42H48F3N7O5.